The van der Waals surface area contributed by atoms with Crippen molar-refractivity contribution in [3.8, 4) is 0 Å². The van der Waals surface area contributed by atoms with E-state index >= 15 is 0 Å². The molecule has 0 fully saturated rings. The normalized spacial score (nSPS) is 11.0. The molecule has 2 nitrogen and oxygen atoms in total. The third-order valence-electron chi connectivity index (χ3n) is 2.16. The molecule has 0 saturated carbocycles. The van der Waals surface area contributed by atoms with Crippen molar-refractivity contribution in [2.45, 2.75) is 0 Å². The summed E-state index contributed by atoms with van der Waals surface area (Å²) in [5.41, 5.74) is 0.749. The van der Waals surface area contributed by atoms with Gasteiger partial charge in [0.25, 0.3) is 0 Å². The highest BCUT2D eigenvalue weighted by Crippen LogP contribution is 2.08. The second-order valence-corrected chi connectivity index (χ2v) is 3.83. The Morgan fingerprint density at radius 3 is 2.43 bits per heavy atom. The van der Waals surface area contributed by atoms with Crippen molar-refractivity contribution in [2.75, 3.05) is 20.6 Å². The third kappa shape index (κ3) is 2.30. The zero-order valence-electron chi connectivity index (χ0n) is 8.73. The number of likely N-dealkylation sites (N-methyl/N-ethyl adjacent to an activating group) is 1. The Balaban J connectivity index is 2.90. The Hall–Kier alpha value is -1.41. The number of hydrogen-bond acceptors (Lipinski definition) is 1. The number of carbonyl (C=O) groups excluding carboxylic acids is 1. The molecule has 14 heavy (non-hydrogen) atoms. The minimum atomic E-state index is 0.116. The first-order valence-electron chi connectivity index (χ1n) is 4.62. The lowest BCUT2D eigenvalue weighted by molar-refractivity contribution is -0.800. The molecule has 0 radical (unpaired) electrons. The zero-order chi connectivity index (χ0) is 10.6. The minimum absolute atomic E-state index is 0.116. The number of quaternary nitrogens is 1. The van der Waals surface area contributed by atoms with Gasteiger partial charge in [0.15, 0.2) is 0 Å². The average molecular weight is 190 g/mol. The highest BCUT2D eigenvalue weighted by Gasteiger charge is 2.25. The maximum absolute atomic E-state index is 12.0. The Labute approximate surface area is 85.1 Å². The van der Waals surface area contributed by atoms with Gasteiger partial charge in [-0.25, -0.2) is 4.79 Å². The summed E-state index contributed by atoms with van der Waals surface area (Å²) in [4.78, 5) is 12.0. The van der Waals surface area contributed by atoms with Gasteiger partial charge in [-0.3, -0.25) is 4.48 Å². The zero-order valence-corrected chi connectivity index (χ0v) is 8.73. The Morgan fingerprint density at radius 2 is 1.93 bits per heavy atom. The fourth-order valence-electron chi connectivity index (χ4n) is 1.34. The molecule has 0 spiro atoms. The van der Waals surface area contributed by atoms with E-state index in [2.05, 4.69) is 6.58 Å². The highest BCUT2D eigenvalue weighted by molar-refractivity contribution is 5.88. The molecule has 0 saturated heterocycles. The van der Waals surface area contributed by atoms with Crippen LogP contribution in [0, 0.1) is 0 Å². The molecule has 0 bridgehead atoms. The molecule has 0 aliphatic rings. The van der Waals surface area contributed by atoms with Crippen LogP contribution >= 0.6 is 0 Å². The fourth-order valence-corrected chi connectivity index (χ4v) is 1.34. The molecule has 1 aromatic carbocycles. The maximum atomic E-state index is 12.0. The fraction of sp³-hybridized carbons (Fsp3) is 0.250. The van der Waals surface area contributed by atoms with Crippen molar-refractivity contribution in [3.63, 3.8) is 0 Å². The van der Waals surface area contributed by atoms with Crippen LogP contribution in [0.5, 0.6) is 0 Å². The Kier molecular flexibility index (Phi) is 3.20. The summed E-state index contributed by atoms with van der Waals surface area (Å²) < 4.78 is 0.313. The van der Waals surface area contributed by atoms with Gasteiger partial charge in [-0.2, -0.15) is 0 Å². The summed E-state index contributed by atoms with van der Waals surface area (Å²) in [7, 11) is 3.77. The molecule has 1 rings (SSSR count). The number of amides is 1. The molecule has 74 valence electrons. The minimum Gasteiger partial charge on any atom is -0.258 e. The lowest BCUT2D eigenvalue weighted by atomic mass is 10.2. The van der Waals surface area contributed by atoms with Gasteiger partial charge < -0.3 is 0 Å². The Morgan fingerprint density at radius 1 is 1.36 bits per heavy atom. The summed E-state index contributed by atoms with van der Waals surface area (Å²) in [5.74, 6) is 0.116. The molecule has 1 aromatic rings. The number of rotatable bonds is 3. The van der Waals surface area contributed by atoms with Crippen molar-refractivity contribution >= 4 is 5.91 Å². The second-order valence-electron chi connectivity index (χ2n) is 3.83. The molecule has 1 amide bonds. The maximum Gasteiger partial charge on any atom is 0.345 e. The van der Waals surface area contributed by atoms with Crippen LogP contribution in [0.2, 0.25) is 0 Å². The van der Waals surface area contributed by atoms with Gasteiger partial charge in [0, 0.05) is 0 Å². The first-order valence-corrected chi connectivity index (χ1v) is 4.62. The molecule has 0 aliphatic heterocycles. The summed E-state index contributed by atoms with van der Waals surface area (Å²) in [6.45, 7) is 4.30. The summed E-state index contributed by atoms with van der Waals surface area (Å²) in [6, 6.07) is 9.34. The van der Waals surface area contributed by atoms with Crippen molar-refractivity contribution < 1.29 is 9.28 Å². The number of benzene rings is 1. The van der Waals surface area contributed by atoms with Crippen LogP contribution in [0.3, 0.4) is 0 Å². The lowest BCUT2D eigenvalue weighted by Gasteiger charge is -2.24. The smallest absolute Gasteiger partial charge is 0.258 e. The molecule has 0 atom stereocenters. The third-order valence-corrected chi connectivity index (χ3v) is 2.16. The standard InChI is InChI=1S/C12H16NO/c1-4-10-13(2,3)12(14)11-8-6-5-7-9-11/h4-9H,1,10H2,2-3H3/q+1. The predicted molar refractivity (Wildman–Crippen MR) is 57.9 cm³/mol. The van der Waals surface area contributed by atoms with Crippen molar-refractivity contribution in [2.24, 2.45) is 0 Å². The van der Waals surface area contributed by atoms with Gasteiger partial charge in [-0.1, -0.05) is 24.8 Å². The van der Waals surface area contributed by atoms with Crippen LogP contribution in [-0.2, 0) is 0 Å². The van der Waals surface area contributed by atoms with Crippen molar-refractivity contribution in [1.82, 2.24) is 0 Å². The van der Waals surface area contributed by atoms with Crippen LogP contribution < -0.4 is 0 Å². The summed E-state index contributed by atoms with van der Waals surface area (Å²) >= 11 is 0. The number of carbonyl (C=O) groups is 1. The molecular weight excluding hydrogens is 174 g/mol. The van der Waals surface area contributed by atoms with Crippen LogP contribution in [0.1, 0.15) is 10.4 Å². The molecule has 0 N–H and O–H groups in total. The molecular formula is C12H16NO+. The van der Waals surface area contributed by atoms with E-state index in [4.69, 9.17) is 0 Å². The van der Waals surface area contributed by atoms with Gasteiger partial charge in [0.2, 0.25) is 0 Å². The first-order chi connectivity index (χ1) is 6.58. The van der Waals surface area contributed by atoms with E-state index in [0.29, 0.717) is 11.0 Å². The van der Waals surface area contributed by atoms with Crippen LogP contribution in [0.4, 0.5) is 0 Å². The van der Waals surface area contributed by atoms with Gasteiger partial charge >= 0.3 is 5.91 Å². The van der Waals surface area contributed by atoms with Gasteiger partial charge in [-0.15, -0.1) is 0 Å². The van der Waals surface area contributed by atoms with Crippen LogP contribution in [0.25, 0.3) is 0 Å². The summed E-state index contributed by atoms with van der Waals surface area (Å²) in [6.07, 6.45) is 1.76. The van der Waals surface area contributed by atoms with E-state index in [0.717, 1.165) is 5.56 Å². The lowest BCUT2D eigenvalue weighted by Crippen LogP contribution is -2.45. The van der Waals surface area contributed by atoms with E-state index < -0.39 is 0 Å². The van der Waals surface area contributed by atoms with E-state index in [1.54, 1.807) is 6.08 Å². The molecule has 2 heteroatoms. The van der Waals surface area contributed by atoms with Gasteiger partial charge in [-0.05, 0) is 18.2 Å². The van der Waals surface area contributed by atoms with E-state index in [1.165, 1.54) is 0 Å². The largest absolute Gasteiger partial charge is 0.345 e. The highest BCUT2D eigenvalue weighted by atomic mass is 16.2. The SMILES string of the molecule is C=CC[N+](C)(C)C(=O)c1ccccc1. The predicted octanol–water partition coefficient (Wildman–Crippen LogP) is 2.09. The molecule has 0 aromatic heterocycles. The monoisotopic (exact) mass is 190 g/mol. The Bertz CT molecular complexity index is 327. The molecule has 0 heterocycles. The second kappa shape index (κ2) is 4.20. The number of nitrogens with zero attached hydrogens (tertiary/aromatic N) is 1. The van der Waals surface area contributed by atoms with E-state index in [9.17, 15) is 4.79 Å². The van der Waals surface area contributed by atoms with E-state index in [-0.39, 0.29) is 5.91 Å². The molecule has 0 aliphatic carbocycles. The van der Waals surface area contributed by atoms with E-state index in [1.807, 2.05) is 44.4 Å². The quantitative estimate of drug-likeness (QED) is 0.527. The first kappa shape index (κ1) is 10.7. The molecule has 0 unspecified atom stereocenters. The van der Waals surface area contributed by atoms with Crippen molar-refractivity contribution in [3.05, 3.63) is 48.6 Å². The topological polar surface area (TPSA) is 17.1 Å². The summed E-state index contributed by atoms with van der Waals surface area (Å²) in [5, 5.41) is 0. The average Bonchev–Trinajstić information content (AvgIpc) is 2.18. The van der Waals surface area contributed by atoms with Gasteiger partial charge in [0.1, 0.15) is 6.54 Å². The number of hydrogen-bond donors (Lipinski definition) is 0. The van der Waals surface area contributed by atoms with Crippen LogP contribution in [0.15, 0.2) is 43.0 Å². The van der Waals surface area contributed by atoms with Crippen molar-refractivity contribution in [1.29, 1.82) is 0 Å². The van der Waals surface area contributed by atoms with Crippen LogP contribution in [-0.4, -0.2) is 31.0 Å². The van der Waals surface area contributed by atoms with Gasteiger partial charge in [0.05, 0.1) is 19.7 Å².